The van der Waals surface area contributed by atoms with E-state index < -0.39 is 0 Å². The van der Waals surface area contributed by atoms with Crippen LogP contribution in [0.5, 0.6) is 5.75 Å². The second kappa shape index (κ2) is 6.03. The molecule has 2 saturated heterocycles. The van der Waals surface area contributed by atoms with Gasteiger partial charge in [-0.3, -0.25) is 4.79 Å². The lowest BCUT2D eigenvalue weighted by Crippen LogP contribution is -2.60. The molecule has 2 fully saturated rings. The predicted molar refractivity (Wildman–Crippen MR) is 79.2 cm³/mol. The highest BCUT2D eigenvalue weighted by Gasteiger charge is 2.40. The third-order valence-electron chi connectivity index (χ3n) is 4.30. The molecule has 2 aliphatic heterocycles. The molecule has 114 valence electrons. The summed E-state index contributed by atoms with van der Waals surface area (Å²) in [5.41, 5.74) is 0.920. The molecule has 0 aliphatic carbocycles. The third-order valence-corrected chi connectivity index (χ3v) is 4.30. The van der Waals surface area contributed by atoms with Crippen LogP contribution in [0.25, 0.3) is 0 Å². The lowest BCUT2D eigenvalue weighted by atomic mass is 9.91. The molecule has 1 amide bonds. The maximum absolute atomic E-state index is 12.1. The number of hydrogen-bond acceptors (Lipinski definition) is 4. The van der Waals surface area contributed by atoms with Crippen LogP contribution >= 0.6 is 0 Å². The number of ether oxygens (including phenoxy) is 2. The third kappa shape index (κ3) is 3.19. The van der Waals surface area contributed by atoms with E-state index in [0.29, 0.717) is 13.1 Å². The Balaban J connectivity index is 1.68. The van der Waals surface area contributed by atoms with Gasteiger partial charge in [0.05, 0.1) is 19.3 Å². The molecule has 21 heavy (non-hydrogen) atoms. The molecular formula is C16H22N2O3. The molecule has 1 aromatic carbocycles. The number of hydrogen-bond donors (Lipinski definition) is 1. The van der Waals surface area contributed by atoms with E-state index >= 15 is 0 Å². The van der Waals surface area contributed by atoms with Gasteiger partial charge in [-0.1, -0.05) is 12.1 Å². The molecule has 1 atom stereocenters. The van der Waals surface area contributed by atoms with Crippen molar-refractivity contribution in [2.24, 2.45) is 0 Å². The number of methoxy groups -OCH3 is 1. The number of piperidine rings is 1. The Morgan fingerprint density at radius 3 is 2.86 bits per heavy atom. The van der Waals surface area contributed by atoms with E-state index in [1.54, 1.807) is 7.11 Å². The van der Waals surface area contributed by atoms with Crippen LogP contribution in [-0.2, 0) is 16.1 Å². The normalized spacial score (nSPS) is 26.1. The first-order chi connectivity index (χ1) is 10.2. The second-order valence-corrected chi connectivity index (χ2v) is 5.85. The number of nitrogens with one attached hydrogen (secondary N) is 1. The average molecular weight is 290 g/mol. The molecule has 5 heteroatoms. The number of rotatable bonds is 3. The number of benzene rings is 1. The Bertz CT molecular complexity index is 495. The van der Waals surface area contributed by atoms with E-state index in [2.05, 4.69) is 5.32 Å². The summed E-state index contributed by atoms with van der Waals surface area (Å²) < 4.78 is 11.0. The summed E-state index contributed by atoms with van der Waals surface area (Å²) in [7, 11) is 1.65. The monoisotopic (exact) mass is 290 g/mol. The number of amides is 1. The fourth-order valence-corrected chi connectivity index (χ4v) is 3.08. The lowest BCUT2D eigenvalue weighted by Gasteiger charge is -2.44. The van der Waals surface area contributed by atoms with E-state index in [9.17, 15) is 4.79 Å². The Labute approximate surface area is 125 Å². The minimum Gasteiger partial charge on any atom is -0.497 e. The van der Waals surface area contributed by atoms with Gasteiger partial charge in [-0.15, -0.1) is 0 Å². The number of nitrogens with zero attached hydrogens (tertiary/aromatic N) is 1. The van der Waals surface area contributed by atoms with E-state index in [4.69, 9.17) is 9.47 Å². The summed E-state index contributed by atoms with van der Waals surface area (Å²) in [6.07, 6.45) is 2.12. The van der Waals surface area contributed by atoms with Crippen molar-refractivity contribution in [3.63, 3.8) is 0 Å². The molecule has 0 radical (unpaired) electrons. The summed E-state index contributed by atoms with van der Waals surface area (Å²) in [5.74, 6) is 0.905. The molecule has 1 spiro atoms. The summed E-state index contributed by atoms with van der Waals surface area (Å²) in [6, 6.07) is 7.87. The summed E-state index contributed by atoms with van der Waals surface area (Å²) in [6.45, 7) is 3.37. The number of carbonyl (C=O) groups excluding carboxylic acids is 1. The second-order valence-electron chi connectivity index (χ2n) is 5.85. The number of morpholine rings is 1. The van der Waals surface area contributed by atoms with Gasteiger partial charge in [0, 0.05) is 13.1 Å². The van der Waals surface area contributed by atoms with Crippen LogP contribution in [0, 0.1) is 0 Å². The minimum absolute atomic E-state index is 0.0713. The molecule has 1 unspecified atom stereocenters. The molecule has 0 bridgehead atoms. The van der Waals surface area contributed by atoms with Gasteiger partial charge >= 0.3 is 0 Å². The van der Waals surface area contributed by atoms with E-state index in [-0.39, 0.29) is 18.1 Å². The van der Waals surface area contributed by atoms with Gasteiger partial charge in [0.2, 0.25) is 5.91 Å². The van der Waals surface area contributed by atoms with E-state index in [0.717, 1.165) is 37.2 Å². The Hall–Kier alpha value is -1.59. The van der Waals surface area contributed by atoms with Crippen LogP contribution in [0.1, 0.15) is 18.4 Å². The molecular weight excluding hydrogens is 268 g/mol. The van der Waals surface area contributed by atoms with Gasteiger partial charge in [-0.05, 0) is 37.1 Å². The van der Waals surface area contributed by atoms with Crippen molar-refractivity contribution in [2.45, 2.75) is 25.0 Å². The van der Waals surface area contributed by atoms with Crippen LogP contribution in [0.2, 0.25) is 0 Å². The molecule has 2 heterocycles. The van der Waals surface area contributed by atoms with Crippen LogP contribution in [0.4, 0.5) is 0 Å². The smallest absolute Gasteiger partial charge is 0.249 e. The summed E-state index contributed by atoms with van der Waals surface area (Å²) in [4.78, 5) is 14.0. The highest BCUT2D eigenvalue weighted by atomic mass is 16.5. The van der Waals surface area contributed by atoms with Gasteiger partial charge in [0.1, 0.15) is 12.4 Å². The van der Waals surface area contributed by atoms with Gasteiger partial charge in [-0.25, -0.2) is 0 Å². The largest absolute Gasteiger partial charge is 0.497 e. The van der Waals surface area contributed by atoms with Crippen LogP contribution in [0.15, 0.2) is 24.3 Å². The van der Waals surface area contributed by atoms with Gasteiger partial charge in [0.15, 0.2) is 0 Å². The van der Waals surface area contributed by atoms with Crippen molar-refractivity contribution in [3.8, 4) is 5.75 Å². The average Bonchev–Trinajstić information content (AvgIpc) is 2.53. The van der Waals surface area contributed by atoms with Crippen molar-refractivity contribution >= 4 is 5.91 Å². The first-order valence-corrected chi connectivity index (χ1v) is 7.46. The Morgan fingerprint density at radius 2 is 2.19 bits per heavy atom. The van der Waals surface area contributed by atoms with Gasteiger partial charge < -0.3 is 19.7 Å². The zero-order chi connectivity index (χ0) is 14.7. The van der Waals surface area contributed by atoms with Gasteiger partial charge in [0.25, 0.3) is 0 Å². The van der Waals surface area contributed by atoms with Crippen molar-refractivity contribution in [2.75, 3.05) is 33.4 Å². The Kier molecular flexibility index (Phi) is 4.12. The van der Waals surface area contributed by atoms with Crippen LogP contribution in [-0.4, -0.2) is 49.8 Å². The number of carbonyl (C=O) groups is 1. The predicted octanol–water partition coefficient (Wildman–Crippen LogP) is 1.18. The fraction of sp³-hybridized carbons (Fsp3) is 0.562. The van der Waals surface area contributed by atoms with Crippen molar-refractivity contribution in [3.05, 3.63) is 29.8 Å². The van der Waals surface area contributed by atoms with E-state index in [1.807, 2.05) is 29.2 Å². The zero-order valence-corrected chi connectivity index (χ0v) is 12.4. The standard InChI is InChI=1S/C16H22N2O3/c1-20-14-5-3-13(4-6-14)9-18-12-16(21-10-15(18)19)7-2-8-17-11-16/h3-6,17H,2,7-12H2,1H3. The van der Waals surface area contributed by atoms with Gasteiger partial charge in [-0.2, -0.15) is 0 Å². The molecule has 1 N–H and O–H groups in total. The Morgan fingerprint density at radius 1 is 1.38 bits per heavy atom. The van der Waals surface area contributed by atoms with E-state index in [1.165, 1.54) is 0 Å². The molecule has 1 aromatic rings. The summed E-state index contributed by atoms with van der Waals surface area (Å²) >= 11 is 0. The SMILES string of the molecule is COc1ccc(CN2CC3(CCCNC3)OCC2=O)cc1. The van der Waals surface area contributed by atoms with Crippen molar-refractivity contribution < 1.29 is 14.3 Å². The maximum atomic E-state index is 12.1. The first-order valence-electron chi connectivity index (χ1n) is 7.46. The topological polar surface area (TPSA) is 50.8 Å². The highest BCUT2D eigenvalue weighted by molar-refractivity contribution is 5.78. The summed E-state index contributed by atoms with van der Waals surface area (Å²) in [5, 5.41) is 3.38. The van der Waals surface area contributed by atoms with Crippen molar-refractivity contribution in [1.29, 1.82) is 0 Å². The van der Waals surface area contributed by atoms with Crippen molar-refractivity contribution in [1.82, 2.24) is 10.2 Å². The quantitative estimate of drug-likeness (QED) is 0.908. The van der Waals surface area contributed by atoms with Crippen LogP contribution < -0.4 is 10.1 Å². The fourth-order valence-electron chi connectivity index (χ4n) is 3.08. The molecule has 3 rings (SSSR count). The maximum Gasteiger partial charge on any atom is 0.249 e. The zero-order valence-electron chi connectivity index (χ0n) is 12.4. The molecule has 0 saturated carbocycles. The molecule has 0 aromatic heterocycles. The highest BCUT2D eigenvalue weighted by Crippen LogP contribution is 2.27. The molecule has 5 nitrogen and oxygen atoms in total. The molecule has 2 aliphatic rings. The lowest BCUT2D eigenvalue weighted by molar-refractivity contribution is -0.167. The minimum atomic E-state index is -0.196. The first kappa shape index (κ1) is 14.4. The van der Waals surface area contributed by atoms with Crippen LogP contribution in [0.3, 0.4) is 0 Å².